The quantitative estimate of drug-likeness (QED) is 0.406. The van der Waals surface area contributed by atoms with Crippen molar-refractivity contribution < 1.29 is 19.1 Å². The van der Waals surface area contributed by atoms with Crippen LogP contribution in [0.2, 0.25) is 0 Å². The highest BCUT2D eigenvalue weighted by Gasteiger charge is 2.20. The molecule has 0 atom stereocenters. The van der Waals surface area contributed by atoms with Crippen molar-refractivity contribution in [2.45, 2.75) is 12.7 Å². The van der Waals surface area contributed by atoms with Crippen LogP contribution in [0.4, 0.5) is 0 Å². The summed E-state index contributed by atoms with van der Waals surface area (Å²) in [6.07, 6.45) is 2.15. The van der Waals surface area contributed by atoms with Crippen molar-refractivity contribution in [3.8, 4) is 0 Å². The van der Waals surface area contributed by atoms with Crippen molar-refractivity contribution in [1.29, 1.82) is 0 Å². The van der Waals surface area contributed by atoms with Gasteiger partial charge in [-0.1, -0.05) is 0 Å². The van der Waals surface area contributed by atoms with Gasteiger partial charge in [0, 0.05) is 32.2 Å². The number of pyridine rings is 1. The number of ketones is 2. The molecule has 5 nitrogen and oxygen atoms in total. The SMILES string of the molecule is COC(CC(=O)C(=O)c1ccncc1)OC. The fourth-order valence-electron chi connectivity index (χ4n) is 1.17. The minimum atomic E-state index is -0.682. The highest BCUT2D eigenvalue weighted by Crippen LogP contribution is 2.05. The fraction of sp³-hybridized carbons (Fsp3) is 0.364. The Bertz CT molecular complexity index is 360. The summed E-state index contributed by atoms with van der Waals surface area (Å²) in [6.45, 7) is 0. The zero-order valence-corrected chi connectivity index (χ0v) is 9.17. The highest BCUT2D eigenvalue weighted by atomic mass is 16.7. The lowest BCUT2D eigenvalue weighted by Gasteiger charge is -2.11. The van der Waals surface area contributed by atoms with Crippen LogP contribution in [-0.4, -0.2) is 37.1 Å². The van der Waals surface area contributed by atoms with Crippen molar-refractivity contribution in [1.82, 2.24) is 4.98 Å². The molecule has 0 saturated carbocycles. The van der Waals surface area contributed by atoms with Gasteiger partial charge >= 0.3 is 0 Å². The second-order valence-corrected chi connectivity index (χ2v) is 3.09. The van der Waals surface area contributed by atoms with Crippen LogP contribution >= 0.6 is 0 Å². The van der Waals surface area contributed by atoms with E-state index in [2.05, 4.69) is 4.98 Å². The maximum Gasteiger partial charge on any atom is 0.228 e. The maximum atomic E-state index is 11.6. The van der Waals surface area contributed by atoms with E-state index in [1.807, 2.05) is 0 Å². The number of nitrogens with zero attached hydrogens (tertiary/aromatic N) is 1. The zero-order chi connectivity index (χ0) is 12.0. The zero-order valence-electron chi connectivity index (χ0n) is 9.17. The lowest BCUT2D eigenvalue weighted by Crippen LogP contribution is -2.23. The molecule has 0 spiro atoms. The first-order valence-electron chi connectivity index (χ1n) is 4.72. The summed E-state index contributed by atoms with van der Waals surface area (Å²) in [4.78, 5) is 26.9. The summed E-state index contributed by atoms with van der Waals surface area (Å²) in [5, 5.41) is 0. The van der Waals surface area contributed by atoms with E-state index in [1.165, 1.54) is 38.7 Å². The van der Waals surface area contributed by atoms with Crippen molar-refractivity contribution in [2.24, 2.45) is 0 Å². The summed E-state index contributed by atoms with van der Waals surface area (Å²) >= 11 is 0. The first-order valence-corrected chi connectivity index (χ1v) is 4.72. The molecule has 0 aliphatic rings. The first-order chi connectivity index (χ1) is 7.69. The van der Waals surface area contributed by atoms with Crippen molar-refractivity contribution in [3.63, 3.8) is 0 Å². The normalized spacial score (nSPS) is 10.4. The minimum absolute atomic E-state index is 0.0891. The number of hydrogen-bond acceptors (Lipinski definition) is 5. The first kappa shape index (κ1) is 12.5. The van der Waals surface area contributed by atoms with E-state index in [0.717, 1.165) is 0 Å². The number of rotatable bonds is 6. The van der Waals surface area contributed by atoms with E-state index in [-0.39, 0.29) is 6.42 Å². The molecule has 86 valence electrons. The van der Waals surface area contributed by atoms with Gasteiger partial charge in [0.15, 0.2) is 6.29 Å². The molecule has 16 heavy (non-hydrogen) atoms. The van der Waals surface area contributed by atoms with E-state index in [1.54, 1.807) is 0 Å². The van der Waals surface area contributed by atoms with Gasteiger partial charge in [-0.15, -0.1) is 0 Å². The van der Waals surface area contributed by atoms with Gasteiger partial charge < -0.3 is 9.47 Å². The van der Waals surface area contributed by atoms with Gasteiger partial charge in [0.25, 0.3) is 0 Å². The van der Waals surface area contributed by atoms with Crippen LogP contribution in [-0.2, 0) is 14.3 Å². The number of hydrogen-bond donors (Lipinski definition) is 0. The van der Waals surface area contributed by atoms with Gasteiger partial charge in [-0.2, -0.15) is 0 Å². The van der Waals surface area contributed by atoms with E-state index in [9.17, 15) is 9.59 Å². The van der Waals surface area contributed by atoms with E-state index < -0.39 is 17.9 Å². The topological polar surface area (TPSA) is 65.5 Å². The Kier molecular flexibility index (Phi) is 4.75. The number of aromatic nitrogens is 1. The number of Topliss-reactive ketones (excluding diaryl/α,β-unsaturated/α-hetero) is 2. The Hall–Kier alpha value is -1.59. The largest absolute Gasteiger partial charge is 0.355 e. The van der Waals surface area contributed by atoms with Crippen molar-refractivity contribution in [3.05, 3.63) is 30.1 Å². The van der Waals surface area contributed by atoms with Crippen LogP contribution in [0.3, 0.4) is 0 Å². The Morgan fingerprint density at radius 3 is 2.31 bits per heavy atom. The molecule has 0 radical (unpaired) electrons. The molecule has 1 rings (SSSR count). The Balaban J connectivity index is 2.65. The third kappa shape index (κ3) is 3.22. The molecule has 0 amide bonds. The predicted molar refractivity (Wildman–Crippen MR) is 56.0 cm³/mol. The monoisotopic (exact) mass is 223 g/mol. The standard InChI is InChI=1S/C11H13NO4/c1-15-10(16-2)7-9(13)11(14)8-3-5-12-6-4-8/h3-6,10H,7H2,1-2H3. The molecule has 1 aromatic rings. The molecule has 0 saturated heterocycles. The molecule has 0 aliphatic carbocycles. The van der Waals surface area contributed by atoms with Gasteiger partial charge in [0.1, 0.15) is 0 Å². The third-order valence-corrected chi connectivity index (χ3v) is 2.07. The van der Waals surface area contributed by atoms with Crippen LogP contribution in [0.25, 0.3) is 0 Å². The number of carbonyl (C=O) groups is 2. The minimum Gasteiger partial charge on any atom is -0.355 e. The van der Waals surface area contributed by atoms with Crippen LogP contribution in [0.5, 0.6) is 0 Å². The second-order valence-electron chi connectivity index (χ2n) is 3.09. The lowest BCUT2D eigenvalue weighted by atomic mass is 10.1. The fourth-order valence-corrected chi connectivity index (χ4v) is 1.17. The molecule has 0 bridgehead atoms. The molecule has 0 N–H and O–H groups in total. The summed E-state index contributed by atoms with van der Waals surface area (Å²) in [5.74, 6) is -1.10. The average molecular weight is 223 g/mol. The molecule has 0 aromatic carbocycles. The van der Waals surface area contributed by atoms with Crippen LogP contribution in [0, 0.1) is 0 Å². The van der Waals surface area contributed by atoms with Gasteiger partial charge in [-0.3, -0.25) is 14.6 Å². The second kappa shape index (κ2) is 6.09. The van der Waals surface area contributed by atoms with Gasteiger partial charge in [0.2, 0.25) is 11.6 Å². The molecule has 0 aliphatic heterocycles. The van der Waals surface area contributed by atoms with E-state index >= 15 is 0 Å². The Morgan fingerprint density at radius 1 is 1.25 bits per heavy atom. The average Bonchev–Trinajstić information content (AvgIpc) is 2.35. The summed E-state index contributed by atoms with van der Waals surface area (Å²) in [7, 11) is 2.83. The molecular weight excluding hydrogens is 210 g/mol. The summed E-state index contributed by atoms with van der Waals surface area (Å²) in [6, 6.07) is 2.99. The molecule has 0 fully saturated rings. The molecule has 5 heteroatoms. The Morgan fingerprint density at radius 2 is 1.81 bits per heavy atom. The van der Waals surface area contributed by atoms with Gasteiger partial charge in [-0.25, -0.2) is 0 Å². The molecule has 1 heterocycles. The van der Waals surface area contributed by atoms with Gasteiger partial charge in [0.05, 0.1) is 6.42 Å². The smallest absolute Gasteiger partial charge is 0.228 e. The van der Waals surface area contributed by atoms with E-state index in [4.69, 9.17) is 9.47 Å². The molecule has 1 aromatic heterocycles. The number of ether oxygens (including phenoxy) is 2. The maximum absolute atomic E-state index is 11.6. The lowest BCUT2D eigenvalue weighted by molar-refractivity contribution is -0.133. The molecular formula is C11H13NO4. The third-order valence-electron chi connectivity index (χ3n) is 2.07. The van der Waals surface area contributed by atoms with Crippen molar-refractivity contribution in [2.75, 3.05) is 14.2 Å². The molecule has 0 unspecified atom stereocenters. The van der Waals surface area contributed by atoms with Crippen LogP contribution in [0.1, 0.15) is 16.8 Å². The van der Waals surface area contributed by atoms with E-state index in [0.29, 0.717) is 5.56 Å². The summed E-state index contributed by atoms with van der Waals surface area (Å²) in [5.41, 5.74) is 0.325. The number of carbonyl (C=O) groups excluding carboxylic acids is 2. The highest BCUT2D eigenvalue weighted by molar-refractivity contribution is 6.43. The van der Waals surface area contributed by atoms with Crippen LogP contribution in [0.15, 0.2) is 24.5 Å². The Labute approximate surface area is 93.4 Å². The van der Waals surface area contributed by atoms with Gasteiger partial charge in [-0.05, 0) is 12.1 Å². The van der Waals surface area contributed by atoms with Crippen molar-refractivity contribution >= 4 is 11.6 Å². The predicted octanol–water partition coefficient (Wildman–Crippen LogP) is 0.842. The van der Waals surface area contributed by atoms with Crippen LogP contribution < -0.4 is 0 Å². The number of methoxy groups -OCH3 is 2. The summed E-state index contributed by atoms with van der Waals surface area (Å²) < 4.78 is 9.70.